The van der Waals surface area contributed by atoms with E-state index in [0.717, 1.165) is 25.1 Å². The average molecular weight is 204 g/mol. The molecule has 1 fully saturated rings. The molecule has 3 heteroatoms. The molecule has 1 saturated heterocycles. The van der Waals surface area contributed by atoms with E-state index in [2.05, 4.69) is 10.6 Å². The molecule has 1 aliphatic heterocycles. The second kappa shape index (κ2) is 4.94. The van der Waals surface area contributed by atoms with E-state index in [9.17, 15) is 4.79 Å². The Labute approximate surface area is 89.9 Å². The van der Waals surface area contributed by atoms with Gasteiger partial charge in [-0.25, -0.2) is 0 Å². The Balaban J connectivity index is 1.80. The third-order valence-corrected chi connectivity index (χ3v) is 2.74. The highest BCUT2D eigenvalue weighted by molar-refractivity contribution is 5.79. The van der Waals surface area contributed by atoms with Gasteiger partial charge in [0.25, 0.3) is 0 Å². The number of benzene rings is 1. The summed E-state index contributed by atoms with van der Waals surface area (Å²) in [5.41, 5.74) is 1.15. The van der Waals surface area contributed by atoms with Crippen LogP contribution in [0.25, 0.3) is 0 Å². The Hall–Kier alpha value is -1.35. The lowest BCUT2D eigenvalue weighted by Gasteiger charge is -2.09. The summed E-state index contributed by atoms with van der Waals surface area (Å²) in [6, 6.07) is 9.99. The summed E-state index contributed by atoms with van der Waals surface area (Å²) in [5, 5.41) is 6.15. The van der Waals surface area contributed by atoms with E-state index in [1.807, 2.05) is 30.3 Å². The zero-order valence-electron chi connectivity index (χ0n) is 8.70. The number of hydrogen-bond donors (Lipinski definition) is 2. The lowest BCUT2D eigenvalue weighted by atomic mass is 10.1. The Morgan fingerprint density at radius 3 is 2.87 bits per heavy atom. The van der Waals surface area contributed by atoms with E-state index in [1.165, 1.54) is 0 Å². The SMILES string of the molecule is O=C(NCc1ccccc1)[C@@H]1CCNC1. The van der Waals surface area contributed by atoms with Gasteiger partial charge in [-0.05, 0) is 18.5 Å². The molecule has 0 aliphatic carbocycles. The number of carbonyl (C=O) groups excluding carboxylic acids is 1. The molecule has 3 nitrogen and oxygen atoms in total. The quantitative estimate of drug-likeness (QED) is 0.768. The smallest absolute Gasteiger partial charge is 0.224 e. The fourth-order valence-corrected chi connectivity index (χ4v) is 1.81. The van der Waals surface area contributed by atoms with Gasteiger partial charge in [0, 0.05) is 13.1 Å². The number of hydrogen-bond acceptors (Lipinski definition) is 2. The molecule has 1 aromatic carbocycles. The van der Waals surface area contributed by atoms with Crippen LogP contribution in [0.1, 0.15) is 12.0 Å². The molecule has 0 saturated carbocycles. The van der Waals surface area contributed by atoms with Gasteiger partial charge in [0.05, 0.1) is 5.92 Å². The zero-order valence-corrected chi connectivity index (χ0v) is 8.70. The maximum atomic E-state index is 11.7. The Kier molecular flexibility index (Phi) is 3.35. The van der Waals surface area contributed by atoms with E-state index in [-0.39, 0.29) is 11.8 Å². The van der Waals surface area contributed by atoms with Gasteiger partial charge in [0.15, 0.2) is 0 Å². The van der Waals surface area contributed by atoms with Gasteiger partial charge in [0.1, 0.15) is 0 Å². The van der Waals surface area contributed by atoms with Crippen molar-refractivity contribution in [3.8, 4) is 0 Å². The van der Waals surface area contributed by atoms with Crippen molar-refractivity contribution in [2.75, 3.05) is 13.1 Å². The third-order valence-electron chi connectivity index (χ3n) is 2.74. The van der Waals surface area contributed by atoms with Gasteiger partial charge in [-0.15, -0.1) is 0 Å². The van der Waals surface area contributed by atoms with Gasteiger partial charge in [-0.2, -0.15) is 0 Å². The fraction of sp³-hybridized carbons (Fsp3) is 0.417. The molecule has 1 aliphatic rings. The molecule has 2 N–H and O–H groups in total. The number of nitrogens with one attached hydrogen (secondary N) is 2. The monoisotopic (exact) mass is 204 g/mol. The van der Waals surface area contributed by atoms with Crippen LogP contribution in [-0.4, -0.2) is 19.0 Å². The minimum absolute atomic E-state index is 0.161. The number of carbonyl (C=O) groups is 1. The average Bonchev–Trinajstić information content (AvgIpc) is 2.81. The summed E-state index contributed by atoms with van der Waals surface area (Å²) in [6.45, 7) is 2.42. The first-order valence-corrected chi connectivity index (χ1v) is 5.38. The first-order valence-electron chi connectivity index (χ1n) is 5.38. The summed E-state index contributed by atoms with van der Waals surface area (Å²) in [7, 11) is 0. The Morgan fingerprint density at radius 2 is 2.20 bits per heavy atom. The first kappa shape index (κ1) is 10.2. The van der Waals surface area contributed by atoms with E-state index in [0.29, 0.717) is 6.54 Å². The largest absolute Gasteiger partial charge is 0.352 e. The standard InChI is InChI=1S/C12H16N2O/c15-12(11-6-7-13-9-11)14-8-10-4-2-1-3-5-10/h1-5,11,13H,6-9H2,(H,14,15)/t11-/m1/s1. The molecule has 1 atom stereocenters. The normalized spacial score (nSPS) is 20.1. The van der Waals surface area contributed by atoms with Crippen molar-refractivity contribution in [3.05, 3.63) is 35.9 Å². The minimum atomic E-state index is 0.161. The van der Waals surface area contributed by atoms with Gasteiger partial charge < -0.3 is 10.6 Å². The molecular weight excluding hydrogens is 188 g/mol. The lowest BCUT2D eigenvalue weighted by Crippen LogP contribution is -2.31. The fourth-order valence-electron chi connectivity index (χ4n) is 1.81. The van der Waals surface area contributed by atoms with Crippen LogP contribution in [0.2, 0.25) is 0 Å². The van der Waals surface area contributed by atoms with Crippen molar-refractivity contribution in [1.82, 2.24) is 10.6 Å². The minimum Gasteiger partial charge on any atom is -0.352 e. The number of amides is 1. The van der Waals surface area contributed by atoms with Gasteiger partial charge in [0.2, 0.25) is 5.91 Å². The van der Waals surface area contributed by atoms with E-state index >= 15 is 0 Å². The summed E-state index contributed by atoms with van der Waals surface area (Å²) in [6.07, 6.45) is 0.959. The first-order chi connectivity index (χ1) is 7.36. The molecule has 0 aromatic heterocycles. The van der Waals surface area contributed by atoms with Gasteiger partial charge in [-0.3, -0.25) is 4.79 Å². The topological polar surface area (TPSA) is 41.1 Å². The summed E-state index contributed by atoms with van der Waals surface area (Å²) in [4.78, 5) is 11.7. The zero-order chi connectivity index (χ0) is 10.5. The molecule has 15 heavy (non-hydrogen) atoms. The van der Waals surface area contributed by atoms with Crippen molar-refractivity contribution < 1.29 is 4.79 Å². The van der Waals surface area contributed by atoms with Crippen molar-refractivity contribution in [1.29, 1.82) is 0 Å². The van der Waals surface area contributed by atoms with Crippen LogP contribution in [0.3, 0.4) is 0 Å². The predicted molar refractivity (Wildman–Crippen MR) is 59.3 cm³/mol. The second-order valence-corrected chi connectivity index (χ2v) is 3.89. The van der Waals surface area contributed by atoms with E-state index < -0.39 is 0 Å². The van der Waals surface area contributed by atoms with Crippen LogP contribution in [0.15, 0.2) is 30.3 Å². The molecule has 0 bridgehead atoms. The molecule has 2 rings (SSSR count). The summed E-state index contributed by atoms with van der Waals surface area (Å²) >= 11 is 0. The summed E-state index contributed by atoms with van der Waals surface area (Å²) in [5.74, 6) is 0.331. The highest BCUT2D eigenvalue weighted by atomic mass is 16.1. The van der Waals surface area contributed by atoms with Crippen molar-refractivity contribution in [2.45, 2.75) is 13.0 Å². The van der Waals surface area contributed by atoms with Crippen LogP contribution in [0.4, 0.5) is 0 Å². The molecule has 1 aromatic rings. The van der Waals surface area contributed by atoms with Crippen molar-refractivity contribution in [2.24, 2.45) is 5.92 Å². The van der Waals surface area contributed by atoms with E-state index in [4.69, 9.17) is 0 Å². The Morgan fingerprint density at radius 1 is 1.40 bits per heavy atom. The second-order valence-electron chi connectivity index (χ2n) is 3.89. The molecular formula is C12H16N2O. The molecule has 1 heterocycles. The highest BCUT2D eigenvalue weighted by Crippen LogP contribution is 2.07. The van der Waals surface area contributed by atoms with Gasteiger partial charge >= 0.3 is 0 Å². The van der Waals surface area contributed by atoms with Gasteiger partial charge in [-0.1, -0.05) is 30.3 Å². The highest BCUT2D eigenvalue weighted by Gasteiger charge is 2.21. The van der Waals surface area contributed by atoms with Crippen LogP contribution in [0.5, 0.6) is 0 Å². The molecule has 0 unspecified atom stereocenters. The predicted octanol–water partition coefficient (Wildman–Crippen LogP) is 0.912. The van der Waals surface area contributed by atoms with Crippen molar-refractivity contribution >= 4 is 5.91 Å². The number of rotatable bonds is 3. The molecule has 80 valence electrons. The summed E-state index contributed by atoms with van der Waals surface area (Å²) < 4.78 is 0. The molecule has 1 amide bonds. The lowest BCUT2D eigenvalue weighted by molar-refractivity contribution is -0.124. The maximum Gasteiger partial charge on any atom is 0.224 e. The third kappa shape index (κ3) is 2.80. The van der Waals surface area contributed by atoms with Crippen LogP contribution >= 0.6 is 0 Å². The maximum absolute atomic E-state index is 11.7. The van der Waals surface area contributed by atoms with Crippen molar-refractivity contribution in [3.63, 3.8) is 0 Å². The Bertz CT molecular complexity index is 318. The van der Waals surface area contributed by atoms with E-state index in [1.54, 1.807) is 0 Å². The molecule has 0 spiro atoms. The van der Waals surface area contributed by atoms with Crippen LogP contribution in [0, 0.1) is 5.92 Å². The van der Waals surface area contributed by atoms with Crippen LogP contribution < -0.4 is 10.6 Å². The van der Waals surface area contributed by atoms with Crippen LogP contribution in [-0.2, 0) is 11.3 Å². The molecule has 0 radical (unpaired) electrons.